The minimum absolute atomic E-state index is 0.0555. The van der Waals surface area contributed by atoms with Crippen molar-refractivity contribution in [2.75, 3.05) is 27.2 Å². The largest absolute Gasteiger partial charge is 0.462 e. The van der Waals surface area contributed by atoms with E-state index in [0.29, 0.717) is 43.4 Å². The van der Waals surface area contributed by atoms with Gasteiger partial charge in [0, 0.05) is 19.2 Å². The third-order valence-corrected chi connectivity index (χ3v) is 10.7. The van der Waals surface area contributed by atoms with Crippen LogP contribution in [0.2, 0.25) is 0 Å². The van der Waals surface area contributed by atoms with Crippen LogP contribution in [0.3, 0.4) is 0 Å². The molecule has 0 spiro atoms. The zero-order valence-corrected chi connectivity index (χ0v) is 41.8. The normalized spacial score (nSPS) is 23.0. The quantitative estimate of drug-likeness (QED) is 0.135. The molecule has 0 bridgehead atoms. The number of pyridine rings is 1. The number of hydrogen-bond acceptors (Lipinski definition) is 15. The number of hydrogen-bond donors (Lipinski definition) is 0. The van der Waals surface area contributed by atoms with Crippen molar-refractivity contribution >= 4 is 40.9 Å². The van der Waals surface area contributed by atoms with E-state index >= 15 is 0 Å². The van der Waals surface area contributed by atoms with Gasteiger partial charge in [0.25, 0.3) is 0 Å². The Bertz CT molecular complexity index is 2100. The average molecular weight is 911 g/mol. The van der Waals surface area contributed by atoms with Gasteiger partial charge in [0.15, 0.2) is 17.9 Å². The summed E-state index contributed by atoms with van der Waals surface area (Å²) in [6.07, 6.45) is 3.19. The second-order valence-corrected chi connectivity index (χ2v) is 22.6. The van der Waals surface area contributed by atoms with Crippen molar-refractivity contribution in [1.82, 2.24) is 19.7 Å². The maximum atomic E-state index is 13.9. The van der Waals surface area contributed by atoms with E-state index < -0.39 is 93.9 Å². The van der Waals surface area contributed by atoms with Crippen molar-refractivity contribution in [3.63, 3.8) is 0 Å². The summed E-state index contributed by atoms with van der Waals surface area (Å²) in [6, 6.07) is 1.85. The number of rotatable bonds is 14. The molecule has 2 aromatic rings. The molecule has 362 valence electrons. The molecule has 16 nitrogen and oxygen atoms in total. The van der Waals surface area contributed by atoms with Gasteiger partial charge in [-0.2, -0.15) is 0 Å². The van der Waals surface area contributed by atoms with Gasteiger partial charge in [-0.1, -0.05) is 18.2 Å². The molecule has 16 heteroatoms. The van der Waals surface area contributed by atoms with Crippen molar-refractivity contribution in [2.45, 2.75) is 166 Å². The minimum atomic E-state index is -1.58. The molecule has 65 heavy (non-hydrogen) atoms. The SMILES string of the molecule is CN(C)CCn1nc(O[C@@H]2O[C@H](COC(=O)C(C)(C)C)[C@@H](OC(=O)C(C)(C)C)[C@H](OC(=O)C(C)(C)C)[C@H]2OC(=O)C(C)(C)C)c2c(CCC3(OC(=O)C(C)(C)C)C=CC=CC3)ccnc21. The number of ether oxygens (including phenoxy) is 7. The molecule has 4 rings (SSSR count). The lowest BCUT2D eigenvalue weighted by Gasteiger charge is -2.45. The topological polar surface area (TPSA) is 184 Å². The van der Waals surface area contributed by atoms with Gasteiger partial charge in [-0.15, -0.1) is 5.10 Å². The fourth-order valence-electron chi connectivity index (χ4n) is 6.40. The van der Waals surface area contributed by atoms with Gasteiger partial charge in [0.2, 0.25) is 18.3 Å². The van der Waals surface area contributed by atoms with Gasteiger partial charge in [-0.25, -0.2) is 9.67 Å². The van der Waals surface area contributed by atoms with E-state index in [-0.39, 0.29) is 11.8 Å². The Morgan fingerprint density at radius 2 is 1.28 bits per heavy atom. The van der Waals surface area contributed by atoms with Crippen molar-refractivity contribution in [3.8, 4) is 5.88 Å². The highest BCUT2D eigenvalue weighted by atomic mass is 16.7. The molecule has 1 unspecified atom stereocenters. The molecule has 0 N–H and O–H groups in total. The van der Waals surface area contributed by atoms with Crippen LogP contribution in [0.1, 0.15) is 122 Å². The maximum Gasteiger partial charge on any atom is 0.312 e. The number of esters is 5. The Morgan fingerprint density at radius 3 is 1.78 bits per heavy atom. The number of carbonyl (C=O) groups is 5. The maximum absolute atomic E-state index is 13.9. The first-order valence-electron chi connectivity index (χ1n) is 22.4. The van der Waals surface area contributed by atoms with Crippen molar-refractivity contribution < 1.29 is 57.1 Å². The lowest BCUT2D eigenvalue weighted by Crippen LogP contribution is -2.65. The zero-order chi connectivity index (χ0) is 49.1. The fraction of sp³-hybridized carbons (Fsp3) is 0.694. The van der Waals surface area contributed by atoms with E-state index in [1.165, 1.54) is 0 Å². The van der Waals surface area contributed by atoms with E-state index in [1.807, 2.05) is 70.1 Å². The molecule has 6 atom stereocenters. The van der Waals surface area contributed by atoms with E-state index in [1.54, 1.807) is 94.0 Å². The molecule has 0 amide bonds. The van der Waals surface area contributed by atoms with Crippen LogP contribution in [0.4, 0.5) is 0 Å². The summed E-state index contributed by atoms with van der Waals surface area (Å²) in [5, 5.41) is 5.44. The fourth-order valence-corrected chi connectivity index (χ4v) is 6.40. The van der Waals surface area contributed by atoms with E-state index in [9.17, 15) is 24.0 Å². The second-order valence-electron chi connectivity index (χ2n) is 22.6. The van der Waals surface area contributed by atoms with Gasteiger partial charge in [0.05, 0.1) is 39.0 Å². The van der Waals surface area contributed by atoms with Crippen LogP contribution in [-0.4, -0.2) is 113 Å². The predicted molar refractivity (Wildman–Crippen MR) is 243 cm³/mol. The third-order valence-electron chi connectivity index (χ3n) is 10.7. The first-order chi connectivity index (χ1) is 29.7. The Balaban J connectivity index is 1.94. The van der Waals surface area contributed by atoms with Crippen LogP contribution < -0.4 is 4.74 Å². The van der Waals surface area contributed by atoms with Gasteiger partial charge in [-0.3, -0.25) is 24.0 Å². The highest BCUT2D eigenvalue weighted by molar-refractivity contribution is 5.85. The highest BCUT2D eigenvalue weighted by Gasteiger charge is 2.56. The molecule has 2 aliphatic rings. The first kappa shape index (κ1) is 52.8. The van der Waals surface area contributed by atoms with Crippen LogP contribution in [0.5, 0.6) is 5.88 Å². The number of carbonyl (C=O) groups excluding carboxylic acids is 5. The molecule has 0 saturated carbocycles. The average Bonchev–Trinajstić information content (AvgIpc) is 3.53. The monoisotopic (exact) mass is 911 g/mol. The van der Waals surface area contributed by atoms with Gasteiger partial charge >= 0.3 is 29.8 Å². The van der Waals surface area contributed by atoms with Gasteiger partial charge in [0.1, 0.15) is 18.3 Å². The van der Waals surface area contributed by atoms with Crippen molar-refractivity contribution in [1.29, 1.82) is 0 Å². The summed E-state index contributed by atoms with van der Waals surface area (Å²) in [7, 11) is 3.87. The molecular formula is C49H74N4O12. The van der Waals surface area contributed by atoms with Gasteiger partial charge in [-0.05, 0) is 148 Å². The van der Waals surface area contributed by atoms with Crippen LogP contribution >= 0.6 is 0 Å². The Kier molecular flexibility index (Phi) is 16.2. The molecule has 1 aliphatic carbocycles. The number of aryl methyl sites for hydroxylation is 1. The molecule has 2 aromatic heterocycles. The number of nitrogens with zero attached hydrogens (tertiary/aromatic N) is 4. The molecule has 0 radical (unpaired) electrons. The molecule has 1 saturated heterocycles. The zero-order valence-electron chi connectivity index (χ0n) is 41.8. The lowest BCUT2D eigenvalue weighted by atomic mass is 9.87. The van der Waals surface area contributed by atoms with Crippen LogP contribution in [-0.2, 0) is 65.4 Å². The summed E-state index contributed by atoms with van der Waals surface area (Å²) in [5.41, 5.74) is -4.50. The van der Waals surface area contributed by atoms with Crippen LogP contribution in [0, 0.1) is 27.1 Å². The predicted octanol–water partition coefficient (Wildman–Crippen LogP) is 7.34. The molecular weight excluding hydrogens is 837 g/mol. The van der Waals surface area contributed by atoms with Crippen molar-refractivity contribution in [3.05, 3.63) is 42.1 Å². The second kappa shape index (κ2) is 20.0. The molecule has 1 aliphatic heterocycles. The van der Waals surface area contributed by atoms with E-state index in [0.717, 1.165) is 5.56 Å². The van der Waals surface area contributed by atoms with E-state index in [2.05, 4.69) is 0 Å². The smallest absolute Gasteiger partial charge is 0.312 e. The standard InChI is InChI=1S/C49H74N4O12/c1-44(2,3)39(54)59-29-31-33(61-40(55)45(4,5)6)34(62-41(56)46(7,8)9)35(63-42(57)47(10,11)12)38(60-31)64-37-32-30(22-26-50-36(32)53(51-37)28-27-52(16)17)21-25-49(23-19-18-20-24-49)65-43(58)48(13,14)15/h18-20,22-23,26,31,33-35,38H,21,24-25,27-29H2,1-17H3/t31-,33-,34+,35-,38+,49?/m1/s1. The number of fused-ring (bicyclic) bond motifs is 1. The highest BCUT2D eigenvalue weighted by Crippen LogP contribution is 2.39. The summed E-state index contributed by atoms with van der Waals surface area (Å²) in [4.78, 5) is 74.9. The number of aromatic nitrogens is 3. The van der Waals surface area contributed by atoms with Crippen LogP contribution in [0.25, 0.3) is 11.0 Å². The first-order valence-corrected chi connectivity index (χ1v) is 22.4. The minimum Gasteiger partial charge on any atom is -0.462 e. The Labute approximate surface area is 385 Å². The third kappa shape index (κ3) is 13.8. The molecule has 0 aromatic carbocycles. The number of likely N-dealkylation sites (N-methyl/N-ethyl adjacent to an activating group) is 1. The van der Waals surface area contributed by atoms with E-state index in [4.69, 9.17) is 43.2 Å². The Hall–Kier alpha value is -4.83. The Morgan fingerprint density at radius 1 is 0.738 bits per heavy atom. The summed E-state index contributed by atoms with van der Waals surface area (Å²) < 4.78 is 45.8. The molecule has 3 heterocycles. The van der Waals surface area contributed by atoms with Crippen molar-refractivity contribution in [2.24, 2.45) is 27.1 Å². The van der Waals surface area contributed by atoms with Crippen LogP contribution in [0.15, 0.2) is 36.6 Å². The lowest BCUT2D eigenvalue weighted by molar-refractivity contribution is -0.294. The summed E-state index contributed by atoms with van der Waals surface area (Å²) in [5.74, 6) is -2.91. The summed E-state index contributed by atoms with van der Waals surface area (Å²) >= 11 is 0. The van der Waals surface area contributed by atoms with Gasteiger partial charge < -0.3 is 38.1 Å². The summed E-state index contributed by atoms with van der Waals surface area (Å²) in [6.45, 7) is 26.0. The molecule has 1 fully saturated rings. The number of allylic oxidation sites excluding steroid dienone is 2.